The Bertz CT molecular complexity index is 71.6. The smallest absolute Gasteiger partial charge is 0.143 e. The number of halogens is 1. The maximum Gasteiger partial charge on any atom is 0.143 e. The van der Waals surface area contributed by atoms with E-state index in [1.54, 1.807) is 6.92 Å². The van der Waals surface area contributed by atoms with E-state index in [0.717, 1.165) is 10.8 Å². The minimum atomic E-state index is 0.740. The van der Waals surface area contributed by atoms with Crippen LogP contribution in [0.15, 0.2) is 10.6 Å². The second-order valence-corrected chi connectivity index (χ2v) is 2.14. The number of hydrogen-bond acceptors (Lipinski definition) is 1. The van der Waals surface area contributed by atoms with Gasteiger partial charge in [-0.3, -0.25) is 4.79 Å². The van der Waals surface area contributed by atoms with Gasteiger partial charge in [-0.25, -0.2) is 0 Å². The lowest BCUT2D eigenvalue weighted by Crippen LogP contribution is -1.58. The Kier molecular flexibility index (Phi) is 3.04. The highest BCUT2D eigenvalue weighted by Crippen LogP contribution is 1.97. The molecule has 34 valence electrons. The number of allylic oxidation sites excluding steroid dienone is 2. The first-order chi connectivity index (χ1) is 2.77. The molecule has 0 aromatic carbocycles. The van der Waals surface area contributed by atoms with Crippen LogP contribution >= 0.6 is 15.9 Å². The van der Waals surface area contributed by atoms with E-state index in [1.807, 2.05) is 0 Å². The van der Waals surface area contributed by atoms with Crippen molar-refractivity contribution < 1.29 is 4.79 Å². The summed E-state index contributed by atoms with van der Waals surface area (Å²) in [5.41, 5.74) is 0. The summed E-state index contributed by atoms with van der Waals surface area (Å²) in [6.45, 7) is 1.80. The van der Waals surface area contributed by atoms with Gasteiger partial charge in [-0.1, -0.05) is 15.9 Å². The van der Waals surface area contributed by atoms with Crippen molar-refractivity contribution in [3.63, 3.8) is 0 Å². The van der Waals surface area contributed by atoms with Crippen LogP contribution in [0.1, 0.15) is 6.92 Å². The second kappa shape index (κ2) is 3.09. The monoisotopic (exact) mass is 148 g/mol. The average Bonchev–Trinajstić information content (AvgIpc) is 1.35. The minimum Gasteiger partial charge on any atom is -0.299 e. The van der Waals surface area contributed by atoms with E-state index in [1.165, 1.54) is 6.08 Å². The van der Waals surface area contributed by atoms with Crippen LogP contribution in [0.5, 0.6) is 0 Å². The molecule has 0 unspecified atom stereocenters. The second-order valence-electron chi connectivity index (χ2n) is 0.890. The molecule has 0 aliphatic heterocycles. The van der Waals surface area contributed by atoms with Crippen LogP contribution in [0.3, 0.4) is 0 Å². The first-order valence-electron chi connectivity index (χ1n) is 1.55. The summed E-state index contributed by atoms with van der Waals surface area (Å²) in [5, 5.41) is 0. The summed E-state index contributed by atoms with van der Waals surface area (Å²) >= 11 is 3.06. The molecule has 0 aromatic rings. The molecule has 0 spiro atoms. The summed E-state index contributed by atoms with van der Waals surface area (Å²) in [5.74, 6) is 0. The van der Waals surface area contributed by atoms with Crippen LogP contribution in [0, 0.1) is 0 Å². The topological polar surface area (TPSA) is 17.1 Å². The zero-order valence-electron chi connectivity index (χ0n) is 3.44. The van der Waals surface area contributed by atoms with Crippen molar-refractivity contribution in [2.45, 2.75) is 6.92 Å². The van der Waals surface area contributed by atoms with Crippen molar-refractivity contribution in [1.29, 1.82) is 0 Å². The highest BCUT2D eigenvalue weighted by Gasteiger charge is 1.69. The third kappa shape index (κ3) is 3.89. The van der Waals surface area contributed by atoms with E-state index in [0.29, 0.717) is 0 Å². The molecule has 0 aromatic heterocycles. The molecule has 0 rings (SSSR count). The Hall–Kier alpha value is -0.110. The van der Waals surface area contributed by atoms with E-state index >= 15 is 0 Å². The van der Waals surface area contributed by atoms with E-state index < -0.39 is 0 Å². The summed E-state index contributed by atoms with van der Waals surface area (Å²) < 4.78 is 0.859. The molecule has 0 saturated carbocycles. The highest BCUT2D eigenvalue weighted by atomic mass is 79.9. The fourth-order valence-electron chi connectivity index (χ4n) is 0.0938. The van der Waals surface area contributed by atoms with Gasteiger partial charge in [-0.15, -0.1) is 0 Å². The first kappa shape index (κ1) is 5.89. The largest absolute Gasteiger partial charge is 0.299 e. The summed E-state index contributed by atoms with van der Waals surface area (Å²) in [6.07, 6.45) is 2.18. The quantitative estimate of drug-likeness (QED) is 0.407. The molecular weight excluding hydrogens is 144 g/mol. The lowest BCUT2D eigenvalue weighted by molar-refractivity contribution is -0.104. The molecule has 0 fully saturated rings. The zero-order chi connectivity index (χ0) is 4.99. The predicted molar refractivity (Wildman–Crippen MR) is 28.7 cm³/mol. The maximum atomic E-state index is 9.51. The van der Waals surface area contributed by atoms with Gasteiger partial charge < -0.3 is 0 Å². The third-order valence-electron chi connectivity index (χ3n) is 0.298. The molecule has 0 radical (unpaired) electrons. The van der Waals surface area contributed by atoms with Gasteiger partial charge in [0.25, 0.3) is 0 Å². The van der Waals surface area contributed by atoms with Crippen LogP contribution in [0.4, 0.5) is 0 Å². The molecular formula is C4H5BrO. The van der Waals surface area contributed by atoms with Crippen LogP contribution in [0.25, 0.3) is 0 Å². The Morgan fingerprint density at radius 2 is 2.33 bits per heavy atom. The summed E-state index contributed by atoms with van der Waals surface area (Å²) in [7, 11) is 0. The van der Waals surface area contributed by atoms with Gasteiger partial charge in [0.2, 0.25) is 0 Å². The SMILES string of the molecule is CC(Br)=CC=O. The van der Waals surface area contributed by atoms with Gasteiger partial charge >= 0.3 is 0 Å². The number of hydrogen-bond donors (Lipinski definition) is 0. The Morgan fingerprint density at radius 3 is 2.33 bits per heavy atom. The zero-order valence-corrected chi connectivity index (χ0v) is 5.03. The van der Waals surface area contributed by atoms with Crippen LogP contribution in [-0.4, -0.2) is 6.29 Å². The molecule has 1 nitrogen and oxygen atoms in total. The van der Waals surface area contributed by atoms with Gasteiger partial charge in [-0.2, -0.15) is 0 Å². The van der Waals surface area contributed by atoms with Gasteiger partial charge in [0, 0.05) is 0 Å². The normalized spacial score (nSPS) is 11.3. The van der Waals surface area contributed by atoms with Gasteiger partial charge in [0.1, 0.15) is 6.29 Å². The fraction of sp³-hybridized carbons (Fsp3) is 0.250. The molecule has 0 heterocycles. The predicted octanol–water partition coefficient (Wildman–Crippen LogP) is 1.48. The minimum absolute atomic E-state index is 0.740. The molecule has 0 aliphatic carbocycles. The fourth-order valence-corrected chi connectivity index (χ4v) is 0.202. The van der Waals surface area contributed by atoms with Crippen molar-refractivity contribution in [3.8, 4) is 0 Å². The van der Waals surface area contributed by atoms with Gasteiger partial charge in [-0.05, 0) is 17.5 Å². The van der Waals surface area contributed by atoms with Crippen LogP contribution in [-0.2, 0) is 4.79 Å². The van der Waals surface area contributed by atoms with Crippen molar-refractivity contribution in [2.75, 3.05) is 0 Å². The number of aldehydes is 1. The molecule has 6 heavy (non-hydrogen) atoms. The molecule has 0 bridgehead atoms. The van der Waals surface area contributed by atoms with E-state index in [9.17, 15) is 4.79 Å². The summed E-state index contributed by atoms with van der Waals surface area (Å²) in [4.78, 5) is 9.51. The average molecular weight is 149 g/mol. The number of carbonyl (C=O) groups is 1. The maximum absolute atomic E-state index is 9.51. The Labute approximate surface area is 45.2 Å². The molecule has 0 amide bonds. The van der Waals surface area contributed by atoms with Crippen molar-refractivity contribution in [3.05, 3.63) is 10.6 Å². The standard InChI is InChI=1S/C4H5BrO/c1-4(5)2-3-6/h2-3H,1H3. The molecule has 0 aliphatic rings. The van der Waals surface area contributed by atoms with Gasteiger partial charge in [0.15, 0.2) is 0 Å². The highest BCUT2D eigenvalue weighted by molar-refractivity contribution is 9.11. The van der Waals surface area contributed by atoms with E-state index in [4.69, 9.17) is 0 Å². The lowest BCUT2D eigenvalue weighted by atomic mass is 10.6. The number of carbonyl (C=O) groups excluding carboxylic acids is 1. The van der Waals surface area contributed by atoms with Gasteiger partial charge in [0.05, 0.1) is 0 Å². The van der Waals surface area contributed by atoms with E-state index in [-0.39, 0.29) is 0 Å². The lowest BCUT2D eigenvalue weighted by Gasteiger charge is -1.70. The Balaban J connectivity index is 3.41. The van der Waals surface area contributed by atoms with Crippen molar-refractivity contribution >= 4 is 22.2 Å². The molecule has 2 heteroatoms. The van der Waals surface area contributed by atoms with E-state index in [2.05, 4.69) is 15.9 Å². The summed E-state index contributed by atoms with van der Waals surface area (Å²) in [6, 6.07) is 0. The van der Waals surface area contributed by atoms with Crippen LogP contribution in [0.2, 0.25) is 0 Å². The van der Waals surface area contributed by atoms with Crippen LogP contribution < -0.4 is 0 Å². The molecule has 0 atom stereocenters. The number of rotatable bonds is 1. The first-order valence-corrected chi connectivity index (χ1v) is 2.34. The van der Waals surface area contributed by atoms with Crippen molar-refractivity contribution in [2.24, 2.45) is 0 Å². The Morgan fingerprint density at radius 1 is 1.83 bits per heavy atom. The van der Waals surface area contributed by atoms with Crippen molar-refractivity contribution in [1.82, 2.24) is 0 Å². The third-order valence-corrected chi connectivity index (χ3v) is 0.562. The molecule has 0 N–H and O–H groups in total. The molecule has 0 saturated heterocycles.